The summed E-state index contributed by atoms with van der Waals surface area (Å²) in [5.74, 6) is -0.419. The molecule has 0 bridgehead atoms. The van der Waals surface area contributed by atoms with Gasteiger partial charge in [0.15, 0.2) is 0 Å². The molecule has 0 atom stereocenters. The lowest BCUT2D eigenvalue weighted by molar-refractivity contribution is 0.125. The molecule has 0 unspecified atom stereocenters. The lowest BCUT2D eigenvalue weighted by Gasteiger charge is -2.03. The van der Waals surface area contributed by atoms with Gasteiger partial charge in [-0.3, -0.25) is 0 Å². The molecule has 0 saturated carbocycles. The van der Waals surface area contributed by atoms with Crippen molar-refractivity contribution < 1.29 is 8.78 Å². The molecule has 0 amide bonds. The monoisotopic (exact) mass is 180 g/mol. The van der Waals surface area contributed by atoms with Gasteiger partial charge in [-0.05, 0) is 11.6 Å². The van der Waals surface area contributed by atoms with Crippen LogP contribution in [0.3, 0.4) is 0 Å². The van der Waals surface area contributed by atoms with E-state index in [4.69, 9.17) is 11.6 Å². The molecule has 0 N–H and O–H groups in total. The minimum absolute atomic E-state index is 0.155. The predicted octanol–water partition coefficient (Wildman–Crippen LogP) is 2.75. The number of alkyl halides is 4. The van der Waals surface area contributed by atoms with Gasteiger partial charge < -0.3 is 0 Å². The summed E-state index contributed by atoms with van der Waals surface area (Å²) in [5, 5.41) is -2.94. The molecule has 0 fully saturated rings. The molecule has 5 heteroatoms. The molecule has 0 aromatic carbocycles. The minimum atomic E-state index is -3.10. The first-order valence-corrected chi connectivity index (χ1v) is 3.83. The smallest absolute Gasteiger partial charge is 0.187 e. The summed E-state index contributed by atoms with van der Waals surface area (Å²) in [7, 11) is 0. The van der Waals surface area contributed by atoms with Crippen LogP contribution in [0.15, 0.2) is 0 Å². The molecule has 0 aliphatic rings. The maximum atomic E-state index is 11.6. The normalized spacial score (nSPS) is 12.0. The fraction of sp³-hybridized carbons (Fsp3) is 1.00. The van der Waals surface area contributed by atoms with Crippen molar-refractivity contribution in [1.29, 1.82) is 0 Å². The van der Waals surface area contributed by atoms with E-state index < -0.39 is 11.1 Å². The molecule has 0 heterocycles. The first kappa shape index (κ1) is 8.79. The van der Waals surface area contributed by atoms with E-state index in [1.807, 2.05) is 0 Å². The van der Waals surface area contributed by atoms with Gasteiger partial charge in [0, 0.05) is 0 Å². The second-order valence-corrected chi connectivity index (χ2v) is 3.20. The van der Waals surface area contributed by atoms with Crippen LogP contribution < -0.4 is 0 Å². The summed E-state index contributed by atoms with van der Waals surface area (Å²) in [6.45, 7) is 0. The van der Waals surface area contributed by atoms with Gasteiger partial charge in [0.05, 0.1) is 11.0 Å². The Morgan fingerprint density at radius 1 is 1.50 bits per heavy atom. The average Bonchev–Trinajstić information content (AvgIpc) is 1.59. The molecule has 0 aromatic rings. The maximum absolute atomic E-state index is 11.6. The fourth-order valence-electron chi connectivity index (χ4n) is 0.154. The van der Waals surface area contributed by atoms with Gasteiger partial charge in [-0.1, -0.05) is 0 Å². The largest absolute Gasteiger partial charge is 0.330 e. The number of halogens is 4. The highest BCUT2D eigenvalue weighted by atomic mass is 35.5. The van der Waals surface area contributed by atoms with Crippen molar-refractivity contribution in [3.05, 3.63) is 0 Å². The molecule has 0 aliphatic carbocycles. The van der Waals surface area contributed by atoms with Crippen LogP contribution in [0.5, 0.6) is 0 Å². The Morgan fingerprint density at radius 3 is 2.12 bits per heavy atom. The van der Waals surface area contributed by atoms with Crippen molar-refractivity contribution in [2.45, 2.75) is 5.38 Å². The van der Waals surface area contributed by atoms with Crippen LogP contribution in [-0.2, 0) is 0 Å². The average molecular weight is 181 g/mol. The summed E-state index contributed by atoms with van der Waals surface area (Å²) in [6, 6.07) is 0. The lowest BCUT2D eigenvalue weighted by Crippen LogP contribution is -2.08. The van der Waals surface area contributed by atoms with E-state index in [1.165, 1.54) is 0 Å². The highest BCUT2D eigenvalue weighted by molar-refractivity contribution is 8.00. The molecule has 0 rings (SSSR count). The van der Waals surface area contributed by atoms with Gasteiger partial charge in [0.1, 0.15) is 0 Å². The molecule has 0 aliphatic heterocycles. The van der Waals surface area contributed by atoms with Crippen molar-refractivity contribution in [3.63, 3.8) is 0 Å². The summed E-state index contributed by atoms with van der Waals surface area (Å²) >= 11 is 10.5. The van der Waals surface area contributed by atoms with Crippen molar-refractivity contribution in [3.8, 4) is 0 Å². The second-order valence-electron chi connectivity index (χ2n) is 1.07. The molecule has 0 nitrogen and oxygen atoms in total. The molecule has 0 radical (unpaired) electrons. The van der Waals surface area contributed by atoms with E-state index in [0.29, 0.717) is 0 Å². The van der Waals surface area contributed by atoms with E-state index in [1.54, 1.807) is 0 Å². The van der Waals surface area contributed by atoms with Crippen molar-refractivity contribution in [2.24, 2.45) is 0 Å². The summed E-state index contributed by atoms with van der Waals surface area (Å²) in [5.41, 5.74) is 0. The van der Waals surface area contributed by atoms with Gasteiger partial charge in [0.25, 0.3) is 0 Å². The summed E-state index contributed by atoms with van der Waals surface area (Å²) in [4.78, 5) is 0. The SMILES string of the molecule is FC(F)(Cl)CSCCl. The zero-order chi connectivity index (χ0) is 6.62. The third kappa shape index (κ3) is 6.79. The van der Waals surface area contributed by atoms with E-state index in [9.17, 15) is 8.78 Å². The predicted molar refractivity (Wildman–Crippen MR) is 34.0 cm³/mol. The maximum Gasteiger partial charge on any atom is 0.330 e. The Kier molecular flexibility index (Phi) is 4.12. The number of hydrogen-bond acceptors (Lipinski definition) is 1. The van der Waals surface area contributed by atoms with Crippen LogP contribution in [0.25, 0.3) is 0 Å². The van der Waals surface area contributed by atoms with E-state index >= 15 is 0 Å². The minimum Gasteiger partial charge on any atom is -0.187 e. The third-order valence-electron chi connectivity index (χ3n) is 0.343. The van der Waals surface area contributed by atoms with Crippen LogP contribution >= 0.6 is 35.0 Å². The highest BCUT2D eigenvalue weighted by Gasteiger charge is 2.23. The van der Waals surface area contributed by atoms with Gasteiger partial charge in [0.2, 0.25) is 0 Å². The molecular formula is C3H4Cl2F2S. The zero-order valence-corrected chi connectivity index (χ0v) is 6.16. The summed E-state index contributed by atoms with van der Waals surface area (Å²) in [6.07, 6.45) is 0. The first-order chi connectivity index (χ1) is 3.56. The lowest BCUT2D eigenvalue weighted by atomic mass is 10.8. The first-order valence-electron chi connectivity index (χ1n) is 1.77. The van der Waals surface area contributed by atoms with Gasteiger partial charge in [-0.15, -0.1) is 23.4 Å². The van der Waals surface area contributed by atoms with Crippen LogP contribution in [-0.4, -0.2) is 16.3 Å². The van der Waals surface area contributed by atoms with E-state index in [-0.39, 0.29) is 5.21 Å². The summed E-state index contributed by atoms with van der Waals surface area (Å²) < 4.78 is 23.2. The number of hydrogen-bond donors (Lipinski definition) is 0. The standard InChI is InChI=1S/C3H4Cl2F2S/c4-2-8-1-3(5,6)7/h1-2H2. The van der Waals surface area contributed by atoms with Crippen LogP contribution in [0.1, 0.15) is 0 Å². The van der Waals surface area contributed by atoms with Crippen molar-refractivity contribution >= 4 is 35.0 Å². The quantitative estimate of drug-likeness (QED) is 0.603. The van der Waals surface area contributed by atoms with Gasteiger partial charge in [-0.25, -0.2) is 0 Å². The van der Waals surface area contributed by atoms with E-state index in [0.717, 1.165) is 11.8 Å². The second kappa shape index (κ2) is 3.75. The Balaban J connectivity index is 3.11. The molecule has 0 aromatic heterocycles. The topological polar surface area (TPSA) is 0 Å². The fourth-order valence-corrected chi connectivity index (χ4v) is 0.926. The van der Waals surface area contributed by atoms with Gasteiger partial charge in [-0.2, -0.15) is 8.78 Å². The number of rotatable bonds is 3. The van der Waals surface area contributed by atoms with Crippen LogP contribution in [0, 0.1) is 0 Å². The Morgan fingerprint density at radius 2 is 2.00 bits per heavy atom. The molecule has 8 heavy (non-hydrogen) atoms. The Labute approximate surface area is 60.5 Å². The highest BCUT2D eigenvalue weighted by Crippen LogP contribution is 2.24. The van der Waals surface area contributed by atoms with Crippen LogP contribution in [0.2, 0.25) is 0 Å². The molecule has 50 valence electrons. The molecular weight excluding hydrogens is 177 g/mol. The van der Waals surface area contributed by atoms with E-state index in [2.05, 4.69) is 11.6 Å². The molecule has 0 spiro atoms. The van der Waals surface area contributed by atoms with Gasteiger partial charge >= 0.3 is 5.38 Å². The third-order valence-corrected chi connectivity index (χ3v) is 1.82. The molecule has 0 saturated heterocycles. The van der Waals surface area contributed by atoms with Crippen LogP contribution in [0.4, 0.5) is 8.78 Å². The van der Waals surface area contributed by atoms with Crippen molar-refractivity contribution in [2.75, 3.05) is 11.0 Å². The zero-order valence-electron chi connectivity index (χ0n) is 3.83. The number of thioether (sulfide) groups is 1. The Bertz CT molecular complexity index is 62.8. The van der Waals surface area contributed by atoms with Crippen molar-refractivity contribution in [1.82, 2.24) is 0 Å². The Hall–Kier alpha value is 0.790.